The van der Waals surface area contributed by atoms with E-state index in [0.29, 0.717) is 46.4 Å². The molecule has 0 unspecified atom stereocenters. The molecule has 2 aromatic heterocycles. The molecule has 1 amide bonds. The van der Waals surface area contributed by atoms with Gasteiger partial charge in [0, 0.05) is 10.0 Å². The molecule has 0 aliphatic carbocycles. The van der Waals surface area contributed by atoms with Crippen molar-refractivity contribution in [2.45, 2.75) is 33.2 Å². The van der Waals surface area contributed by atoms with E-state index in [1.165, 1.54) is 6.07 Å². The maximum Gasteiger partial charge on any atom is 0.283 e. The molecular formula is C19H20Cl2N4O3S. The highest BCUT2D eigenvalue weighted by atomic mass is 35.5. The van der Waals surface area contributed by atoms with Crippen LogP contribution in [0.5, 0.6) is 0 Å². The lowest BCUT2D eigenvalue weighted by Gasteiger charge is -2.10. The lowest BCUT2D eigenvalue weighted by atomic mass is 10.2. The normalized spacial score (nSPS) is 11.7. The van der Waals surface area contributed by atoms with Crippen molar-refractivity contribution in [1.82, 2.24) is 19.3 Å². The van der Waals surface area contributed by atoms with Gasteiger partial charge in [-0.1, -0.05) is 42.6 Å². The van der Waals surface area contributed by atoms with E-state index >= 15 is 0 Å². The molecule has 2 heterocycles. The molecule has 7 nitrogen and oxygen atoms in total. The summed E-state index contributed by atoms with van der Waals surface area (Å²) in [6.45, 7) is 4.08. The molecule has 3 rings (SSSR count). The van der Waals surface area contributed by atoms with Crippen molar-refractivity contribution in [3.8, 4) is 0 Å². The number of halogens is 2. The predicted octanol–water partition coefficient (Wildman–Crippen LogP) is 3.95. The Balaban J connectivity index is 1.93. The van der Waals surface area contributed by atoms with Crippen LogP contribution in [0.25, 0.3) is 11.2 Å². The fraction of sp³-hybridized carbons (Fsp3) is 0.316. The van der Waals surface area contributed by atoms with Crippen LogP contribution in [0.1, 0.15) is 41.6 Å². The Bertz CT molecular complexity index is 1180. The van der Waals surface area contributed by atoms with Crippen molar-refractivity contribution >= 4 is 50.3 Å². The third-order valence-electron chi connectivity index (χ3n) is 4.37. The van der Waals surface area contributed by atoms with Crippen LogP contribution in [-0.4, -0.2) is 34.6 Å². The first-order chi connectivity index (χ1) is 13.7. The van der Waals surface area contributed by atoms with Crippen LogP contribution in [0, 0.1) is 6.92 Å². The summed E-state index contributed by atoms with van der Waals surface area (Å²) in [4.78, 5) is 21.2. The molecule has 0 fully saturated rings. The van der Waals surface area contributed by atoms with Crippen molar-refractivity contribution in [1.29, 1.82) is 0 Å². The number of carbonyl (C=O) groups is 1. The summed E-state index contributed by atoms with van der Waals surface area (Å²) in [5.74, 6) is -0.187. The Morgan fingerprint density at radius 3 is 2.62 bits per heavy atom. The average Bonchev–Trinajstić information content (AvgIpc) is 2.96. The Hall–Kier alpha value is -2.16. The van der Waals surface area contributed by atoms with Crippen molar-refractivity contribution in [3.05, 3.63) is 57.5 Å². The standard InChI is InChI=1S/C19H20Cl2N4O3S/c1-3-4-9-29(27,28)24-19(26)17-8-7-16-18(23-17)25(12(2)22-16)11-13-5-6-14(20)10-15(13)21/h5-8,10H,3-4,9,11H2,1-2H3,(H,24,26). The number of unbranched alkanes of at least 4 members (excludes halogenated alkanes) is 1. The highest BCUT2D eigenvalue weighted by Gasteiger charge is 2.19. The van der Waals surface area contributed by atoms with Crippen LogP contribution < -0.4 is 4.72 Å². The number of amides is 1. The van der Waals surface area contributed by atoms with Gasteiger partial charge in [0.2, 0.25) is 10.0 Å². The highest BCUT2D eigenvalue weighted by molar-refractivity contribution is 7.90. The first kappa shape index (κ1) is 21.5. The maximum absolute atomic E-state index is 12.4. The fourth-order valence-corrected chi connectivity index (χ4v) is 4.46. The number of carbonyl (C=O) groups excluding carboxylic acids is 1. The smallest absolute Gasteiger partial charge is 0.283 e. The lowest BCUT2D eigenvalue weighted by molar-refractivity contribution is 0.0977. The molecule has 29 heavy (non-hydrogen) atoms. The van der Waals surface area contributed by atoms with Crippen molar-refractivity contribution < 1.29 is 13.2 Å². The number of nitrogens with one attached hydrogen (secondary N) is 1. The van der Waals surface area contributed by atoms with Gasteiger partial charge in [0.15, 0.2) is 5.65 Å². The molecule has 0 aliphatic rings. The van der Waals surface area contributed by atoms with Gasteiger partial charge in [0.05, 0.1) is 12.3 Å². The van der Waals surface area contributed by atoms with E-state index < -0.39 is 15.9 Å². The molecule has 0 bridgehead atoms. The van der Waals surface area contributed by atoms with Crippen molar-refractivity contribution in [2.75, 3.05) is 5.75 Å². The second kappa shape index (κ2) is 8.69. The number of sulfonamides is 1. The van der Waals surface area contributed by atoms with Crippen LogP contribution in [0.3, 0.4) is 0 Å². The molecular weight excluding hydrogens is 435 g/mol. The van der Waals surface area contributed by atoms with E-state index in [-0.39, 0.29) is 11.4 Å². The Kier molecular flexibility index (Phi) is 6.45. The maximum atomic E-state index is 12.4. The minimum absolute atomic E-state index is 0.000858. The number of pyridine rings is 1. The quantitative estimate of drug-likeness (QED) is 0.582. The summed E-state index contributed by atoms with van der Waals surface area (Å²) in [6, 6.07) is 8.31. The second-order valence-corrected chi connectivity index (χ2v) is 9.31. The number of rotatable bonds is 7. The van der Waals surface area contributed by atoms with Gasteiger partial charge in [-0.3, -0.25) is 4.79 Å². The Morgan fingerprint density at radius 2 is 1.93 bits per heavy atom. The van der Waals surface area contributed by atoms with E-state index in [1.807, 2.05) is 24.5 Å². The Morgan fingerprint density at radius 1 is 1.17 bits per heavy atom. The van der Waals surface area contributed by atoms with Gasteiger partial charge in [-0.15, -0.1) is 0 Å². The SMILES string of the molecule is CCCCS(=O)(=O)NC(=O)c1ccc2nc(C)n(Cc3ccc(Cl)cc3Cl)c2n1. The first-order valence-electron chi connectivity index (χ1n) is 9.03. The van der Waals surface area contributed by atoms with Gasteiger partial charge < -0.3 is 4.57 Å². The van der Waals surface area contributed by atoms with Gasteiger partial charge in [-0.2, -0.15) is 0 Å². The van der Waals surface area contributed by atoms with Crippen LogP contribution in [0.2, 0.25) is 10.0 Å². The van der Waals surface area contributed by atoms with Crippen LogP contribution in [0.4, 0.5) is 0 Å². The summed E-state index contributed by atoms with van der Waals surface area (Å²) in [6.07, 6.45) is 1.19. The third kappa shape index (κ3) is 5.07. The van der Waals surface area contributed by atoms with Crippen LogP contribution in [-0.2, 0) is 16.6 Å². The summed E-state index contributed by atoms with van der Waals surface area (Å²) < 4.78 is 27.9. The van der Waals surface area contributed by atoms with Crippen LogP contribution >= 0.6 is 23.2 Å². The molecule has 1 aromatic carbocycles. The number of imidazole rings is 1. The average molecular weight is 455 g/mol. The summed E-state index contributed by atoms with van der Waals surface area (Å²) >= 11 is 12.2. The summed E-state index contributed by atoms with van der Waals surface area (Å²) in [5, 5.41) is 1.04. The first-order valence-corrected chi connectivity index (χ1v) is 11.4. The molecule has 0 aliphatic heterocycles. The van der Waals surface area contributed by atoms with E-state index in [4.69, 9.17) is 23.2 Å². The summed E-state index contributed by atoms with van der Waals surface area (Å²) in [7, 11) is -3.70. The highest BCUT2D eigenvalue weighted by Crippen LogP contribution is 2.24. The minimum atomic E-state index is -3.70. The van der Waals surface area contributed by atoms with E-state index in [1.54, 1.807) is 18.2 Å². The van der Waals surface area contributed by atoms with E-state index in [9.17, 15) is 13.2 Å². The zero-order valence-electron chi connectivity index (χ0n) is 15.9. The zero-order chi connectivity index (χ0) is 21.2. The monoisotopic (exact) mass is 454 g/mol. The van der Waals surface area contributed by atoms with Crippen molar-refractivity contribution in [3.63, 3.8) is 0 Å². The summed E-state index contributed by atoms with van der Waals surface area (Å²) in [5.41, 5.74) is 1.88. The van der Waals surface area contributed by atoms with Gasteiger partial charge in [-0.25, -0.2) is 23.1 Å². The van der Waals surface area contributed by atoms with Gasteiger partial charge >= 0.3 is 0 Å². The molecule has 0 saturated heterocycles. The number of aromatic nitrogens is 3. The molecule has 1 N–H and O–H groups in total. The molecule has 0 spiro atoms. The van der Waals surface area contributed by atoms with Gasteiger partial charge in [0.1, 0.15) is 17.0 Å². The largest absolute Gasteiger partial charge is 0.308 e. The number of aryl methyl sites for hydroxylation is 1. The molecule has 0 radical (unpaired) electrons. The van der Waals surface area contributed by atoms with Gasteiger partial charge in [-0.05, 0) is 43.2 Å². The topological polar surface area (TPSA) is 94.0 Å². The van der Waals surface area contributed by atoms with Gasteiger partial charge in [0.25, 0.3) is 5.91 Å². The molecule has 10 heteroatoms. The van der Waals surface area contributed by atoms with Crippen LogP contribution in [0.15, 0.2) is 30.3 Å². The number of benzene rings is 1. The molecule has 154 valence electrons. The molecule has 0 saturated carbocycles. The second-order valence-electron chi connectivity index (χ2n) is 6.62. The number of hydrogen-bond donors (Lipinski definition) is 1. The number of hydrogen-bond acceptors (Lipinski definition) is 5. The zero-order valence-corrected chi connectivity index (χ0v) is 18.3. The van der Waals surface area contributed by atoms with Crippen molar-refractivity contribution in [2.24, 2.45) is 0 Å². The number of fused-ring (bicyclic) bond motifs is 1. The molecule has 3 aromatic rings. The molecule has 0 atom stereocenters. The Labute approximate surface area is 179 Å². The van der Waals surface area contributed by atoms with E-state index in [0.717, 1.165) is 5.56 Å². The van der Waals surface area contributed by atoms with E-state index in [2.05, 4.69) is 14.7 Å². The predicted molar refractivity (Wildman–Crippen MR) is 114 cm³/mol. The number of nitrogens with zero attached hydrogens (tertiary/aromatic N) is 3. The lowest BCUT2D eigenvalue weighted by Crippen LogP contribution is -2.33. The minimum Gasteiger partial charge on any atom is -0.308 e. The third-order valence-corrected chi connectivity index (χ3v) is 6.28. The fourth-order valence-electron chi connectivity index (χ4n) is 2.83.